The normalized spacial score (nSPS) is 25.2. The molecule has 1 spiro atoms. The number of hydrogen-bond acceptors (Lipinski definition) is 2. The molecule has 0 bridgehead atoms. The highest BCUT2D eigenvalue weighted by Gasteiger charge is 2.57. The first-order valence-corrected chi connectivity index (χ1v) is 6.96. The Morgan fingerprint density at radius 2 is 2.06 bits per heavy atom. The van der Waals surface area contributed by atoms with Crippen LogP contribution in [0.25, 0.3) is 0 Å². The SMILES string of the molecule is Cc1ccc(Cl)cc1OC1CC(=O)C12CCCC2. The van der Waals surface area contributed by atoms with Gasteiger partial charge in [0, 0.05) is 11.4 Å². The number of rotatable bonds is 2. The smallest absolute Gasteiger partial charge is 0.146 e. The van der Waals surface area contributed by atoms with Crippen molar-refractivity contribution >= 4 is 17.4 Å². The Balaban J connectivity index is 1.81. The summed E-state index contributed by atoms with van der Waals surface area (Å²) in [5, 5.41) is 0.682. The van der Waals surface area contributed by atoms with E-state index >= 15 is 0 Å². The van der Waals surface area contributed by atoms with Gasteiger partial charge in [0.25, 0.3) is 0 Å². The molecule has 3 heteroatoms. The molecule has 3 rings (SSSR count). The van der Waals surface area contributed by atoms with E-state index < -0.39 is 0 Å². The standard InChI is InChI=1S/C15H17ClO2/c1-10-4-5-11(16)8-12(10)18-14-9-13(17)15(14)6-2-3-7-15/h4-5,8,14H,2-3,6-7,9H2,1H3. The van der Waals surface area contributed by atoms with Crippen molar-refractivity contribution in [2.75, 3.05) is 0 Å². The van der Waals surface area contributed by atoms with E-state index in [0.29, 0.717) is 17.2 Å². The summed E-state index contributed by atoms with van der Waals surface area (Å²) >= 11 is 5.99. The van der Waals surface area contributed by atoms with Crippen LogP contribution in [-0.4, -0.2) is 11.9 Å². The molecule has 0 heterocycles. The molecule has 2 aliphatic rings. The molecule has 1 unspecified atom stereocenters. The fraction of sp³-hybridized carbons (Fsp3) is 0.533. The van der Waals surface area contributed by atoms with Crippen LogP contribution in [0.15, 0.2) is 18.2 Å². The molecule has 0 saturated heterocycles. The summed E-state index contributed by atoms with van der Waals surface area (Å²) in [5.41, 5.74) is 0.904. The average molecular weight is 265 g/mol. The predicted molar refractivity (Wildman–Crippen MR) is 71.1 cm³/mol. The number of hydrogen-bond donors (Lipinski definition) is 0. The topological polar surface area (TPSA) is 26.3 Å². The third kappa shape index (κ3) is 1.74. The summed E-state index contributed by atoms with van der Waals surface area (Å²) in [4.78, 5) is 11.9. The van der Waals surface area contributed by atoms with Gasteiger partial charge in [-0.05, 0) is 37.5 Å². The predicted octanol–water partition coefficient (Wildman–Crippen LogP) is 3.93. The van der Waals surface area contributed by atoms with Crippen molar-refractivity contribution in [2.45, 2.75) is 45.1 Å². The fourth-order valence-electron chi connectivity index (χ4n) is 3.23. The molecule has 2 saturated carbocycles. The van der Waals surface area contributed by atoms with E-state index in [9.17, 15) is 4.79 Å². The van der Waals surface area contributed by atoms with Crippen LogP contribution in [-0.2, 0) is 4.79 Å². The fourth-order valence-corrected chi connectivity index (χ4v) is 3.39. The molecule has 2 aliphatic carbocycles. The molecule has 2 fully saturated rings. The molecule has 0 aliphatic heterocycles. The van der Waals surface area contributed by atoms with Gasteiger partial charge < -0.3 is 4.74 Å². The monoisotopic (exact) mass is 264 g/mol. The van der Waals surface area contributed by atoms with Gasteiger partial charge in [0.1, 0.15) is 17.6 Å². The van der Waals surface area contributed by atoms with E-state index in [2.05, 4.69) is 0 Å². The van der Waals surface area contributed by atoms with Crippen molar-refractivity contribution in [1.82, 2.24) is 0 Å². The van der Waals surface area contributed by atoms with E-state index in [1.54, 1.807) is 0 Å². The molecular weight excluding hydrogens is 248 g/mol. The molecule has 0 radical (unpaired) electrons. The first-order valence-electron chi connectivity index (χ1n) is 6.58. The van der Waals surface area contributed by atoms with Crippen LogP contribution in [0.2, 0.25) is 5.02 Å². The minimum Gasteiger partial charge on any atom is -0.489 e. The molecule has 18 heavy (non-hydrogen) atoms. The minimum absolute atomic E-state index is 0.0599. The Morgan fingerprint density at radius 1 is 1.33 bits per heavy atom. The molecule has 1 aromatic carbocycles. The summed E-state index contributed by atoms with van der Waals surface area (Å²) < 4.78 is 6.06. The first kappa shape index (κ1) is 12.0. The van der Waals surface area contributed by atoms with Gasteiger partial charge >= 0.3 is 0 Å². The highest BCUT2D eigenvalue weighted by atomic mass is 35.5. The summed E-state index contributed by atoms with van der Waals surface area (Å²) in [5.74, 6) is 1.22. The molecule has 0 N–H and O–H groups in total. The van der Waals surface area contributed by atoms with Gasteiger partial charge in [-0.2, -0.15) is 0 Å². The third-order valence-electron chi connectivity index (χ3n) is 4.46. The van der Waals surface area contributed by atoms with E-state index in [4.69, 9.17) is 16.3 Å². The number of carbonyl (C=O) groups is 1. The van der Waals surface area contributed by atoms with Crippen LogP contribution in [0, 0.1) is 12.3 Å². The number of aryl methyl sites for hydroxylation is 1. The van der Waals surface area contributed by atoms with Crippen LogP contribution in [0.1, 0.15) is 37.7 Å². The molecule has 2 nitrogen and oxygen atoms in total. The summed E-state index contributed by atoms with van der Waals surface area (Å²) in [6.45, 7) is 2.01. The zero-order valence-electron chi connectivity index (χ0n) is 10.5. The maximum Gasteiger partial charge on any atom is 0.146 e. The largest absolute Gasteiger partial charge is 0.489 e. The van der Waals surface area contributed by atoms with Crippen molar-refractivity contribution in [2.24, 2.45) is 5.41 Å². The summed E-state index contributed by atoms with van der Waals surface area (Å²) in [7, 11) is 0. The van der Waals surface area contributed by atoms with E-state index in [1.807, 2.05) is 25.1 Å². The molecular formula is C15H17ClO2. The lowest BCUT2D eigenvalue weighted by Crippen LogP contribution is -2.55. The Kier molecular flexibility index (Phi) is 2.86. The lowest BCUT2D eigenvalue weighted by atomic mass is 9.63. The minimum atomic E-state index is -0.172. The maximum atomic E-state index is 11.9. The van der Waals surface area contributed by atoms with Crippen molar-refractivity contribution < 1.29 is 9.53 Å². The second-order valence-corrected chi connectivity index (χ2v) is 5.94. The highest BCUT2D eigenvalue weighted by Crippen LogP contribution is 2.52. The quantitative estimate of drug-likeness (QED) is 0.809. The van der Waals surface area contributed by atoms with Gasteiger partial charge in [-0.15, -0.1) is 0 Å². The van der Waals surface area contributed by atoms with Crippen molar-refractivity contribution in [3.8, 4) is 5.75 Å². The van der Waals surface area contributed by atoms with Crippen LogP contribution in [0.4, 0.5) is 0 Å². The average Bonchev–Trinajstić information content (AvgIpc) is 2.85. The van der Waals surface area contributed by atoms with Gasteiger partial charge in [-0.25, -0.2) is 0 Å². The highest BCUT2D eigenvalue weighted by molar-refractivity contribution is 6.30. The van der Waals surface area contributed by atoms with E-state index in [1.165, 1.54) is 0 Å². The maximum absolute atomic E-state index is 11.9. The zero-order valence-corrected chi connectivity index (χ0v) is 11.3. The number of carbonyl (C=O) groups excluding carboxylic acids is 1. The van der Waals surface area contributed by atoms with Crippen molar-refractivity contribution in [3.05, 3.63) is 28.8 Å². The van der Waals surface area contributed by atoms with Crippen LogP contribution >= 0.6 is 11.6 Å². The van der Waals surface area contributed by atoms with Crippen LogP contribution < -0.4 is 4.74 Å². The second-order valence-electron chi connectivity index (χ2n) is 5.51. The molecule has 1 atom stereocenters. The van der Waals surface area contributed by atoms with Crippen molar-refractivity contribution in [3.63, 3.8) is 0 Å². The van der Waals surface area contributed by atoms with Gasteiger partial charge in [0.05, 0.1) is 5.41 Å². The Labute approximate surface area is 112 Å². The second kappa shape index (κ2) is 4.27. The van der Waals surface area contributed by atoms with E-state index in [-0.39, 0.29) is 11.5 Å². The van der Waals surface area contributed by atoms with Crippen molar-refractivity contribution in [1.29, 1.82) is 0 Å². The van der Waals surface area contributed by atoms with Gasteiger partial charge in [-0.1, -0.05) is 30.5 Å². The number of ether oxygens (including phenoxy) is 1. The van der Waals surface area contributed by atoms with Gasteiger partial charge in [0.2, 0.25) is 0 Å². The third-order valence-corrected chi connectivity index (χ3v) is 4.69. The molecule has 0 amide bonds. The summed E-state index contributed by atoms with van der Waals surface area (Å²) in [6, 6.07) is 5.67. The Hall–Kier alpha value is -1.02. The Morgan fingerprint density at radius 3 is 2.72 bits per heavy atom. The zero-order chi connectivity index (χ0) is 12.8. The lowest BCUT2D eigenvalue weighted by molar-refractivity contribution is -0.151. The number of benzene rings is 1. The molecule has 96 valence electrons. The van der Waals surface area contributed by atoms with Gasteiger partial charge in [-0.3, -0.25) is 4.79 Å². The first-order chi connectivity index (χ1) is 8.62. The van der Waals surface area contributed by atoms with E-state index in [0.717, 1.165) is 37.0 Å². The summed E-state index contributed by atoms with van der Waals surface area (Å²) in [6.07, 6.45) is 4.92. The Bertz CT molecular complexity index is 489. The number of halogens is 1. The molecule has 1 aromatic rings. The van der Waals surface area contributed by atoms with Gasteiger partial charge in [0.15, 0.2) is 0 Å². The number of Topliss-reactive ketones (excluding diaryl/α,β-unsaturated/α-hetero) is 1. The van der Waals surface area contributed by atoms with Crippen LogP contribution in [0.5, 0.6) is 5.75 Å². The van der Waals surface area contributed by atoms with Crippen LogP contribution in [0.3, 0.4) is 0 Å². The lowest BCUT2D eigenvalue weighted by Gasteiger charge is -2.45. The number of ketones is 1. The molecule has 0 aromatic heterocycles.